The molecule has 0 spiro atoms. The third-order valence-corrected chi connectivity index (χ3v) is 0.822. The molecule has 0 aliphatic rings. The molecular formula is C5H7BO2. The monoisotopic (exact) mass is 110 g/mol. The first-order valence-corrected chi connectivity index (χ1v) is 2.31. The topological polar surface area (TPSA) is 26.3 Å². The zero-order chi connectivity index (χ0) is 6.57. The van der Waals surface area contributed by atoms with Crippen LogP contribution in [0.25, 0.3) is 0 Å². The molecule has 0 rings (SSSR count). The summed E-state index contributed by atoms with van der Waals surface area (Å²) in [5.41, 5.74) is 0.396. The van der Waals surface area contributed by atoms with Gasteiger partial charge in [0.25, 0.3) is 0 Å². The van der Waals surface area contributed by atoms with E-state index < -0.39 is 5.97 Å². The van der Waals surface area contributed by atoms with Crippen molar-refractivity contribution in [1.82, 2.24) is 0 Å². The lowest BCUT2D eigenvalue weighted by molar-refractivity contribution is -0.129. The molecule has 0 heterocycles. The molecule has 0 aliphatic heterocycles. The molecule has 0 unspecified atom stereocenters. The largest absolute Gasteiger partial charge is 0.540 e. The van der Waals surface area contributed by atoms with Crippen molar-refractivity contribution in [3.63, 3.8) is 0 Å². The van der Waals surface area contributed by atoms with Gasteiger partial charge in [-0.3, -0.25) is 0 Å². The zero-order valence-corrected chi connectivity index (χ0v) is 4.81. The second-order valence-electron chi connectivity index (χ2n) is 1.36. The van der Waals surface area contributed by atoms with Crippen molar-refractivity contribution < 1.29 is 9.45 Å². The van der Waals surface area contributed by atoms with Crippen LogP contribution in [0, 0.1) is 0 Å². The molecule has 0 aromatic carbocycles. The third kappa shape index (κ3) is 1.82. The highest BCUT2D eigenvalue weighted by Gasteiger charge is 2.00. The van der Waals surface area contributed by atoms with E-state index >= 15 is 0 Å². The van der Waals surface area contributed by atoms with Crippen LogP contribution < -0.4 is 0 Å². The molecule has 0 saturated heterocycles. The number of carbonyl (C=O) groups is 1. The van der Waals surface area contributed by atoms with Crippen molar-refractivity contribution in [2.75, 3.05) is 0 Å². The van der Waals surface area contributed by atoms with Gasteiger partial charge in [0.05, 0.1) is 0 Å². The molecule has 0 saturated carbocycles. The molecule has 0 atom stereocenters. The Hall–Kier alpha value is -0.725. The van der Waals surface area contributed by atoms with Gasteiger partial charge in [-0.1, -0.05) is 13.5 Å². The van der Waals surface area contributed by atoms with E-state index in [1.54, 1.807) is 6.92 Å². The van der Waals surface area contributed by atoms with Crippen LogP contribution in [-0.4, -0.2) is 14.0 Å². The van der Waals surface area contributed by atoms with E-state index in [1.165, 1.54) is 0 Å². The predicted molar refractivity (Wildman–Crippen MR) is 31.3 cm³/mol. The highest BCUT2D eigenvalue weighted by Crippen LogP contribution is 1.96. The Morgan fingerprint density at radius 2 is 2.38 bits per heavy atom. The van der Waals surface area contributed by atoms with E-state index in [1.807, 2.05) is 0 Å². The van der Waals surface area contributed by atoms with Gasteiger partial charge in [-0.05, 0) is 6.42 Å². The summed E-state index contributed by atoms with van der Waals surface area (Å²) in [7, 11) is 4.54. The van der Waals surface area contributed by atoms with Gasteiger partial charge < -0.3 is 4.65 Å². The smallest absolute Gasteiger partial charge is 0.378 e. The van der Waals surface area contributed by atoms with Crippen molar-refractivity contribution in [2.45, 2.75) is 13.3 Å². The summed E-state index contributed by atoms with van der Waals surface area (Å²) >= 11 is 0. The van der Waals surface area contributed by atoms with Crippen LogP contribution in [0.3, 0.4) is 0 Å². The van der Waals surface area contributed by atoms with E-state index in [-0.39, 0.29) is 0 Å². The lowest BCUT2D eigenvalue weighted by Gasteiger charge is -1.96. The molecule has 2 nitrogen and oxygen atoms in total. The second-order valence-corrected chi connectivity index (χ2v) is 1.36. The van der Waals surface area contributed by atoms with E-state index in [0.717, 1.165) is 0 Å². The van der Waals surface area contributed by atoms with Gasteiger partial charge in [-0.25, -0.2) is 4.79 Å². The average molecular weight is 110 g/mol. The molecule has 8 heavy (non-hydrogen) atoms. The summed E-state index contributed by atoms with van der Waals surface area (Å²) in [6.07, 6.45) is 0.579. The van der Waals surface area contributed by atoms with E-state index in [9.17, 15) is 4.79 Å². The Morgan fingerprint density at radius 3 is 2.50 bits per heavy atom. The minimum atomic E-state index is -0.535. The lowest BCUT2D eigenvalue weighted by atomic mass is 10.2. The summed E-state index contributed by atoms with van der Waals surface area (Å²) in [5, 5.41) is 0. The van der Waals surface area contributed by atoms with Crippen molar-refractivity contribution in [1.29, 1.82) is 0 Å². The number of hydrogen-bond acceptors (Lipinski definition) is 2. The highest BCUT2D eigenvalue weighted by molar-refractivity contribution is 6.08. The van der Waals surface area contributed by atoms with Crippen LogP contribution in [-0.2, 0) is 9.45 Å². The van der Waals surface area contributed by atoms with Crippen molar-refractivity contribution >= 4 is 14.0 Å². The fraction of sp³-hybridized carbons (Fsp3) is 0.400. The Labute approximate surface area is 50.0 Å². The molecule has 3 heteroatoms. The van der Waals surface area contributed by atoms with Crippen molar-refractivity contribution in [2.24, 2.45) is 0 Å². The van der Waals surface area contributed by atoms with Gasteiger partial charge in [0.15, 0.2) is 0 Å². The fourth-order valence-electron chi connectivity index (χ4n) is 0.228. The molecule has 0 bridgehead atoms. The van der Waals surface area contributed by atoms with Crippen LogP contribution in [0.2, 0.25) is 0 Å². The number of rotatable bonds is 2. The Kier molecular flexibility index (Phi) is 3.00. The summed E-state index contributed by atoms with van der Waals surface area (Å²) in [4.78, 5) is 10.3. The Morgan fingerprint density at radius 1 is 1.88 bits per heavy atom. The first kappa shape index (κ1) is 7.27. The van der Waals surface area contributed by atoms with Crippen molar-refractivity contribution in [3.05, 3.63) is 12.2 Å². The summed E-state index contributed by atoms with van der Waals surface area (Å²) in [6.45, 7) is 5.19. The van der Waals surface area contributed by atoms with E-state index in [0.29, 0.717) is 12.0 Å². The van der Waals surface area contributed by atoms with Crippen LogP contribution in [0.15, 0.2) is 12.2 Å². The first-order chi connectivity index (χ1) is 3.72. The van der Waals surface area contributed by atoms with Gasteiger partial charge in [0, 0.05) is 5.57 Å². The SMILES string of the molecule is [B]OC(=O)C(=C)CC. The maximum atomic E-state index is 10.3. The molecule has 0 aliphatic carbocycles. The average Bonchev–Trinajstić information content (AvgIpc) is 1.84. The van der Waals surface area contributed by atoms with Gasteiger partial charge >= 0.3 is 14.0 Å². The fourth-order valence-corrected chi connectivity index (χ4v) is 0.228. The molecule has 0 N–H and O–H groups in total. The molecule has 0 aromatic heterocycles. The maximum Gasteiger partial charge on any atom is 0.378 e. The Balaban J connectivity index is 3.64. The molecule has 0 aromatic rings. The Bertz CT molecular complexity index is 95.0. The normalized spacial score (nSPS) is 8.12. The van der Waals surface area contributed by atoms with Gasteiger partial charge in [0.1, 0.15) is 0 Å². The second kappa shape index (κ2) is 3.30. The summed E-state index contributed by atoms with van der Waals surface area (Å²) in [6, 6.07) is 0. The van der Waals surface area contributed by atoms with Crippen molar-refractivity contribution in [3.8, 4) is 0 Å². The van der Waals surface area contributed by atoms with Gasteiger partial charge in [-0.2, -0.15) is 0 Å². The zero-order valence-electron chi connectivity index (χ0n) is 4.81. The van der Waals surface area contributed by atoms with Crippen LogP contribution >= 0.6 is 0 Å². The molecule has 42 valence electrons. The highest BCUT2D eigenvalue weighted by atomic mass is 16.5. The molecule has 0 amide bonds. The molecule has 2 radical (unpaired) electrons. The van der Waals surface area contributed by atoms with Crippen LogP contribution in [0.4, 0.5) is 0 Å². The number of hydrogen-bond donors (Lipinski definition) is 0. The van der Waals surface area contributed by atoms with E-state index in [4.69, 9.17) is 0 Å². The minimum absolute atomic E-state index is 0.396. The molecule has 0 fully saturated rings. The van der Waals surface area contributed by atoms with Crippen LogP contribution in [0.5, 0.6) is 0 Å². The standard InChI is InChI=1S/C5H7BO2/c1-3-4(2)5(7)8-6/h2-3H2,1H3. The van der Waals surface area contributed by atoms with Crippen LogP contribution in [0.1, 0.15) is 13.3 Å². The summed E-state index contributed by atoms with van der Waals surface area (Å²) in [5.74, 6) is -0.535. The number of carbonyl (C=O) groups excluding carboxylic acids is 1. The minimum Gasteiger partial charge on any atom is -0.540 e. The third-order valence-electron chi connectivity index (χ3n) is 0.822. The summed E-state index contributed by atoms with van der Waals surface area (Å²) < 4.78 is 3.86. The quantitative estimate of drug-likeness (QED) is 0.383. The molecular weight excluding hydrogens is 103 g/mol. The van der Waals surface area contributed by atoms with E-state index in [2.05, 4.69) is 19.3 Å². The maximum absolute atomic E-state index is 10.3. The lowest BCUT2D eigenvalue weighted by Crippen LogP contribution is -2.02. The predicted octanol–water partition coefficient (Wildman–Crippen LogP) is 0.579. The van der Waals surface area contributed by atoms with Gasteiger partial charge in [-0.15, -0.1) is 0 Å². The van der Waals surface area contributed by atoms with Gasteiger partial charge in [0.2, 0.25) is 0 Å². The first-order valence-electron chi connectivity index (χ1n) is 2.31.